The van der Waals surface area contributed by atoms with E-state index in [1.807, 2.05) is 13.0 Å². The number of hydrogen-bond acceptors (Lipinski definition) is 5. The maximum Gasteiger partial charge on any atom is 0.255 e. The fraction of sp³-hybridized carbons (Fsp3) is 0.263. The number of carbonyl (C=O) groups excluding carboxylic acids is 2. The molecule has 0 spiro atoms. The number of thioether (sulfide) groups is 1. The largest absolute Gasteiger partial charge is 0.324 e. The average Bonchev–Trinajstić information content (AvgIpc) is 3.02. The molecule has 2 aliphatic heterocycles. The van der Waals surface area contributed by atoms with Gasteiger partial charge in [0.05, 0.1) is 22.4 Å². The molecule has 7 nitrogen and oxygen atoms in total. The van der Waals surface area contributed by atoms with Gasteiger partial charge < -0.3 is 10.6 Å². The van der Waals surface area contributed by atoms with Crippen LogP contribution in [0.4, 0.5) is 17.1 Å². The second-order valence-corrected chi connectivity index (χ2v) is 10.1. The Labute approximate surface area is 167 Å². The van der Waals surface area contributed by atoms with E-state index in [0.29, 0.717) is 35.6 Å². The Hall–Kier alpha value is -2.52. The number of anilines is 3. The third-order valence-electron chi connectivity index (χ3n) is 4.69. The number of amides is 2. The van der Waals surface area contributed by atoms with Crippen LogP contribution in [0.2, 0.25) is 0 Å². The monoisotopic (exact) mass is 417 g/mol. The predicted molar refractivity (Wildman–Crippen MR) is 111 cm³/mol. The molecule has 2 aromatic carbocycles. The lowest BCUT2D eigenvalue weighted by molar-refractivity contribution is -0.115. The molecule has 0 radical (unpaired) electrons. The summed E-state index contributed by atoms with van der Waals surface area (Å²) >= 11 is 1.46. The van der Waals surface area contributed by atoms with Crippen LogP contribution < -0.4 is 14.9 Å². The first kappa shape index (κ1) is 18.8. The van der Waals surface area contributed by atoms with E-state index in [0.717, 1.165) is 4.90 Å². The molecule has 0 aromatic heterocycles. The van der Waals surface area contributed by atoms with E-state index in [2.05, 4.69) is 10.6 Å². The summed E-state index contributed by atoms with van der Waals surface area (Å²) in [6, 6.07) is 11.9. The molecule has 1 fully saturated rings. The van der Waals surface area contributed by atoms with E-state index in [9.17, 15) is 18.0 Å². The van der Waals surface area contributed by atoms with E-state index < -0.39 is 10.0 Å². The van der Waals surface area contributed by atoms with Crippen molar-refractivity contribution < 1.29 is 18.0 Å². The summed E-state index contributed by atoms with van der Waals surface area (Å²) in [4.78, 5) is 25.3. The fourth-order valence-electron chi connectivity index (χ4n) is 3.19. The lowest BCUT2D eigenvalue weighted by Crippen LogP contribution is -2.26. The van der Waals surface area contributed by atoms with E-state index >= 15 is 0 Å². The zero-order chi connectivity index (χ0) is 19.9. The topological polar surface area (TPSA) is 95.6 Å². The van der Waals surface area contributed by atoms with Gasteiger partial charge in [-0.05, 0) is 55.8 Å². The van der Waals surface area contributed by atoms with Gasteiger partial charge in [0.2, 0.25) is 15.9 Å². The molecule has 0 aliphatic carbocycles. The van der Waals surface area contributed by atoms with Crippen LogP contribution in [0.25, 0.3) is 0 Å². The molecule has 0 unspecified atom stereocenters. The lowest BCUT2D eigenvalue weighted by Gasteiger charge is -2.21. The van der Waals surface area contributed by atoms with Crippen molar-refractivity contribution in [2.75, 3.05) is 27.2 Å². The van der Waals surface area contributed by atoms with Crippen LogP contribution in [-0.4, -0.2) is 37.8 Å². The Morgan fingerprint density at radius 2 is 1.96 bits per heavy atom. The Kier molecular flexibility index (Phi) is 4.80. The van der Waals surface area contributed by atoms with E-state index in [4.69, 9.17) is 0 Å². The number of rotatable bonds is 3. The minimum absolute atomic E-state index is 0.0810. The van der Waals surface area contributed by atoms with Crippen LogP contribution in [0.3, 0.4) is 0 Å². The molecule has 2 amide bonds. The average molecular weight is 418 g/mol. The van der Waals surface area contributed by atoms with Crippen LogP contribution in [0.1, 0.15) is 23.7 Å². The first-order valence-corrected chi connectivity index (χ1v) is 11.4. The van der Waals surface area contributed by atoms with Gasteiger partial charge >= 0.3 is 0 Å². The molecule has 2 N–H and O–H groups in total. The Morgan fingerprint density at radius 1 is 1.21 bits per heavy atom. The molecule has 0 bridgehead atoms. The zero-order valence-electron chi connectivity index (χ0n) is 15.1. The van der Waals surface area contributed by atoms with Crippen molar-refractivity contribution in [2.45, 2.75) is 23.5 Å². The predicted octanol–water partition coefficient (Wildman–Crippen LogP) is 2.91. The molecule has 2 aliphatic rings. The summed E-state index contributed by atoms with van der Waals surface area (Å²) in [5.74, 6) is -0.220. The first-order valence-electron chi connectivity index (χ1n) is 8.87. The highest BCUT2D eigenvalue weighted by molar-refractivity contribution is 8.01. The highest BCUT2D eigenvalue weighted by Crippen LogP contribution is 2.36. The Bertz CT molecular complexity index is 1050. The normalized spacial score (nSPS) is 20.4. The molecule has 1 saturated heterocycles. The van der Waals surface area contributed by atoms with Crippen molar-refractivity contribution in [3.05, 3.63) is 48.0 Å². The summed E-state index contributed by atoms with van der Waals surface area (Å²) < 4.78 is 25.4. The van der Waals surface area contributed by atoms with E-state index in [1.54, 1.807) is 36.4 Å². The van der Waals surface area contributed by atoms with Gasteiger partial charge in [0.15, 0.2) is 0 Å². The minimum Gasteiger partial charge on any atom is -0.324 e. The lowest BCUT2D eigenvalue weighted by atomic mass is 10.1. The van der Waals surface area contributed by atoms with E-state index in [-0.39, 0.29) is 22.8 Å². The number of benzene rings is 2. The zero-order valence-corrected chi connectivity index (χ0v) is 16.8. The van der Waals surface area contributed by atoms with Gasteiger partial charge in [-0.3, -0.25) is 13.9 Å². The van der Waals surface area contributed by atoms with Gasteiger partial charge in [-0.25, -0.2) is 8.42 Å². The summed E-state index contributed by atoms with van der Waals surface area (Å²) in [6.45, 7) is 2.31. The Morgan fingerprint density at radius 3 is 2.64 bits per heavy atom. The smallest absolute Gasteiger partial charge is 0.255 e. The molecule has 0 saturated carbocycles. The number of carbonyl (C=O) groups is 2. The standard InChI is InChI=1S/C19H19N3O4S2/c1-12-18(23)21-16-11-13(3-8-17(16)27-12)19(24)20-14-4-6-15(7-5-14)22-9-2-10-28(22,25)26/h3-8,11-12H,2,9-10H2,1H3,(H,20,24)(H,21,23)/t12-/m0/s1. The summed E-state index contributed by atoms with van der Waals surface area (Å²) in [7, 11) is -3.23. The number of hydrogen-bond donors (Lipinski definition) is 2. The number of sulfonamides is 1. The van der Waals surface area contributed by atoms with Crippen molar-refractivity contribution in [2.24, 2.45) is 0 Å². The molecule has 2 heterocycles. The van der Waals surface area contributed by atoms with Crippen LogP contribution in [-0.2, 0) is 14.8 Å². The van der Waals surface area contributed by atoms with Gasteiger partial charge in [-0.2, -0.15) is 0 Å². The van der Waals surface area contributed by atoms with Crippen molar-refractivity contribution in [3.8, 4) is 0 Å². The van der Waals surface area contributed by atoms with Gasteiger partial charge in [0, 0.05) is 22.7 Å². The number of fused-ring (bicyclic) bond motifs is 1. The Balaban J connectivity index is 1.48. The molecule has 2 aromatic rings. The molecular weight excluding hydrogens is 398 g/mol. The van der Waals surface area contributed by atoms with Crippen molar-refractivity contribution in [1.29, 1.82) is 0 Å². The van der Waals surface area contributed by atoms with Crippen molar-refractivity contribution in [1.82, 2.24) is 0 Å². The maximum atomic E-state index is 12.6. The maximum absolute atomic E-state index is 12.6. The number of nitrogens with zero attached hydrogens (tertiary/aromatic N) is 1. The third-order valence-corrected chi connectivity index (χ3v) is 7.73. The van der Waals surface area contributed by atoms with Crippen LogP contribution in [0, 0.1) is 0 Å². The van der Waals surface area contributed by atoms with Crippen LogP contribution >= 0.6 is 11.8 Å². The van der Waals surface area contributed by atoms with Crippen molar-refractivity contribution in [3.63, 3.8) is 0 Å². The molecule has 146 valence electrons. The molecule has 4 rings (SSSR count). The summed E-state index contributed by atoms with van der Waals surface area (Å²) in [5.41, 5.74) is 2.23. The molecule has 28 heavy (non-hydrogen) atoms. The van der Waals surface area contributed by atoms with Crippen molar-refractivity contribution >= 4 is 50.7 Å². The minimum atomic E-state index is -3.23. The second kappa shape index (κ2) is 7.14. The van der Waals surface area contributed by atoms with Crippen LogP contribution in [0.15, 0.2) is 47.4 Å². The fourth-order valence-corrected chi connectivity index (χ4v) is 5.69. The highest BCUT2D eigenvalue weighted by atomic mass is 32.2. The quantitative estimate of drug-likeness (QED) is 0.801. The number of nitrogens with one attached hydrogen (secondary N) is 2. The molecular formula is C19H19N3O4S2. The highest BCUT2D eigenvalue weighted by Gasteiger charge is 2.28. The summed E-state index contributed by atoms with van der Waals surface area (Å²) in [5, 5.41) is 5.45. The second-order valence-electron chi connectivity index (χ2n) is 6.70. The summed E-state index contributed by atoms with van der Waals surface area (Å²) in [6.07, 6.45) is 0.618. The van der Waals surface area contributed by atoms with Gasteiger partial charge in [0.25, 0.3) is 5.91 Å². The molecule has 1 atom stereocenters. The van der Waals surface area contributed by atoms with Crippen LogP contribution in [0.5, 0.6) is 0 Å². The van der Waals surface area contributed by atoms with Gasteiger partial charge in [-0.1, -0.05) is 0 Å². The van der Waals surface area contributed by atoms with E-state index in [1.165, 1.54) is 16.1 Å². The van der Waals surface area contributed by atoms with Gasteiger partial charge in [0.1, 0.15) is 0 Å². The SMILES string of the molecule is C[C@@H]1Sc2ccc(C(=O)Nc3ccc(N4CCCS4(=O)=O)cc3)cc2NC1=O. The third kappa shape index (κ3) is 3.59. The first-order chi connectivity index (χ1) is 13.3. The molecule has 9 heteroatoms. The van der Waals surface area contributed by atoms with Gasteiger partial charge in [-0.15, -0.1) is 11.8 Å².